The van der Waals surface area contributed by atoms with Crippen molar-refractivity contribution in [2.24, 2.45) is 5.11 Å². The second kappa shape index (κ2) is 3.20. The lowest BCUT2D eigenvalue weighted by atomic mass is 10.4. The van der Waals surface area contributed by atoms with E-state index in [9.17, 15) is 4.39 Å². The first-order valence-electron chi connectivity index (χ1n) is 2.57. The summed E-state index contributed by atoms with van der Waals surface area (Å²) in [5, 5.41) is 4.85. The molecule has 5 heteroatoms. The van der Waals surface area contributed by atoms with Gasteiger partial charge in [-0.25, -0.2) is 4.39 Å². The summed E-state index contributed by atoms with van der Waals surface area (Å²) < 4.78 is 12.5. The maximum Gasteiger partial charge on any atom is 0.137 e. The molecule has 0 aromatic carbocycles. The molecule has 0 aliphatic heterocycles. The molecule has 0 unspecified atom stereocenters. The summed E-state index contributed by atoms with van der Waals surface area (Å²) >= 11 is 1.25. The molecule has 0 saturated carbocycles. The molecule has 1 rings (SSSR count). The summed E-state index contributed by atoms with van der Waals surface area (Å²) in [6, 6.07) is 1.35. The molecule has 1 aromatic rings. The Morgan fingerprint density at radius 3 is 3.10 bits per heavy atom. The van der Waals surface area contributed by atoms with Gasteiger partial charge < -0.3 is 0 Å². The Labute approximate surface area is 60.7 Å². The second-order valence-electron chi connectivity index (χ2n) is 1.58. The number of halogens is 1. The van der Waals surface area contributed by atoms with Gasteiger partial charge in [0.25, 0.3) is 0 Å². The Morgan fingerprint density at radius 2 is 2.60 bits per heavy atom. The Morgan fingerprint density at radius 1 is 1.80 bits per heavy atom. The van der Waals surface area contributed by atoms with Crippen molar-refractivity contribution < 1.29 is 4.39 Å². The fraction of sp³-hybridized carbons (Fsp3) is 0.200. The number of hydrogen-bond acceptors (Lipinski definition) is 2. The lowest BCUT2D eigenvalue weighted by Gasteiger charge is -1.84. The van der Waals surface area contributed by atoms with E-state index in [1.807, 2.05) is 0 Å². The topological polar surface area (TPSA) is 48.8 Å². The first kappa shape index (κ1) is 7.05. The number of thiophene rings is 1. The summed E-state index contributed by atoms with van der Waals surface area (Å²) in [5.74, 6) is -0.294. The van der Waals surface area contributed by atoms with Gasteiger partial charge in [-0.15, -0.1) is 11.3 Å². The average Bonchev–Trinajstić information content (AvgIpc) is 2.31. The van der Waals surface area contributed by atoms with E-state index in [0.29, 0.717) is 4.88 Å². The number of hydrogen-bond donors (Lipinski definition) is 0. The molecule has 0 saturated heterocycles. The second-order valence-corrected chi connectivity index (χ2v) is 2.58. The minimum Gasteiger partial charge on any atom is -0.206 e. The van der Waals surface area contributed by atoms with Crippen molar-refractivity contribution in [1.29, 1.82) is 0 Å². The van der Waals surface area contributed by atoms with E-state index in [-0.39, 0.29) is 12.4 Å². The SMILES string of the molecule is [N-]=[N+]=NCc1sccc1F. The van der Waals surface area contributed by atoms with Crippen LogP contribution in [0.3, 0.4) is 0 Å². The first-order valence-corrected chi connectivity index (χ1v) is 3.45. The van der Waals surface area contributed by atoms with Gasteiger partial charge in [-0.05, 0) is 17.0 Å². The van der Waals surface area contributed by atoms with E-state index < -0.39 is 0 Å². The molecule has 0 amide bonds. The number of nitrogens with zero attached hydrogens (tertiary/aromatic N) is 3. The standard InChI is InChI=1S/C5H4FN3S/c6-4-1-2-10-5(4)3-8-9-7/h1-2H,3H2. The maximum atomic E-state index is 12.5. The van der Waals surface area contributed by atoms with Crippen LogP contribution >= 0.6 is 11.3 Å². The molecule has 0 spiro atoms. The minimum absolute atomic E-state index is 0.111. The van der Waals surface area contributed by atoms with Crippen LogP contribution in [-0.4, -0.2) is 0 Å². The molecular formula is C5H4FN3S. The predicted molar refractivity (Wildman–Crippen MR) is 37.1 cm³/mol. The minimum atomic E-state index is -0.294. The highest BCUT2D eigenvalue weighted by Crippen LogP contribution is 2.15. The summed E-state index contributed by atoms with van der Waals surface area (Å²) in [4.78, 5) is 3.00. The molecule has 0 radical (unpaired) electrons. The smallest absolute Gasteiger partial charge is 0.137 e. The fourth-order valence-corrected chi connectivity index (χ4v) is 1.20. The maximum absolute atomic E-state index is 12.5. The number of rotatable bonds is 2. The van der Waals surface area contributed by atoms with E-state index in [0.717, 1.165) is 0 Å². The van der Waals surface area contributed by atoms with Crippen molar-refractivity contribution in [2.75, 3.05) is 0 Å². The van der Waals surface area contributed by atoms with Gasteiger partial charge >= 0.3 is 0 Å². The number of azide groups is 1. The molecule has 3 nitrogen and oxygen atoms in total. The summed E-state index contributed by atoms with van der Waals surface area (Å²) in [5.41, 5.74) is 7.90. The van der Waals surface area contributed by atoms with Crippen LogP contribution in [-0.2, 0) is 6.54 Å². The van der Waals surface area contributed by atoms with Crippen LogP contribution in [0.25, 0.3) is 10.4 Å². The van der Waals surface area contributed by atoms with Crippen LogP contribution in [0.1, 0.15) is 4.88 Å². The third kappa shape index (κ3) is 1.46. The van der Waals surface area contributed by atoms with Crippen molar-refractivity contribution in [2.45, 2.75) is 6.54 Å². The molecule has 0 aliphatic rings. The molecule has 0 atom stereocenters. The van der Waals surface area contributed by atoms with Crippen LogP contribution in [0.15, 0.2) is 16.6 Å². The zero-order chi connectivity index (χ0) is 7.40. The summed E-state index contributed by atoms with van der Waals surface area (Å²) in [7, 11) is 0. The molecule has 0 fully saturated rings. The highest BCUT2D eigenvalue weighted by atomic mass is 32.1. The van der Waals surface area contributed by atoms with E-state index in [4.69, 9.17) is 5.53 Å². The molecule has 52 valence electrons. The van der Waals surface area contributed by atoms with Gasteiger partial charge in [-0.3, -0.25) is 0 Å². The van der Waals surface area contributed by atoms with Gasteiger partial charge in [0.2, 0.25) is 0 Å². The van der Waals surface area contributed by atoms with Crippen molar-refractivity contribution in [1.82, 2.24) is 0 Å². The highest BCUT2D eigenvalue weighted by molar-refractivity contribution is 7.09. The summed E-state index contributed by atoms with van der Waals surface area (Å²) in [6.07, 6.45) is 0. The molecular weight excluding hydrogens is 153 g/mol. The Hall–Kier alpha value is -1.06. The van der Waals surface area contributed by atoms with E-state index in [1.54, 1.807) is 5.38 Å². The molecule has 10 heavy (non-hydrogen) atoms. The Bertz CT molecular complexity index is 264. The van der Waals surface area contributed by atoms with E-state index in [2.05, 4.69) is 10.0 Å². The van der Waals surface area contributed by atoms with Gasteiger partial charge in [0.15, 0.2) is 0 Å². The van der Waals surface area contributed by atoms with Crippen LogP contribution in [0.2, 0.25) is 0 Å². The van der Waals surface area contributed by atoms with E-state index >= 15 is 0 Å². The van der Waals surface area contributed by atoms with Crippen molar-refractivity contribution in [3.05, 3.63) is 32.6 Å². The monoisotopic (exact) mass is 157 g/mol. The van der Waals surface area contributed by atoms with Crippen molar-refractivity contribution in [3.63, 3.8) is 0 Å². The Balaban J connectivity index is 2.74. The predicted octanol–water partition coefficient (Wildman–Crippen LogP) is 2.70. The van der Waals surface area contributed by atoms with Gasteiger partial charge in [-0.2, -0.15) is 0 Å². The van der Waals surface area contributed by atoms with Crippen LogP contribution in [0.5, 0.6) is 0 Å². The van der Waals surface area contributed by atoms with Crippen LogP contribution in [0, 0.1) is 5.82 Å². The third-order valence-electron chi connectivity index (χ3n) is 0.969. The zero-order valence-corrected chi connectivity index (χ0v) is 5.81. The molecule has 1 heterocycles. The lowest BCUT2D eigenvalue weighted by molar-refractivity contribution is 0.619. The van der Waals surface area contributed by atoms with Crippen LogP contribution < -0.4 is 0 Å². The van der Waals surface area contributed by atoms with Gasteiger partial charge in [0, 0.05) is 9.79 Å². The lowest BCUT2D eigenvalue weighted by Crippen LogP contribution is -1.75. The normalized spacial score (nSPS) is 8.90. The largest absolute Gasteiger partial charge is 0.206 e. The fourth-order valence-electron chi connectivity index (χ4n) is 0.534. The molecule has 1 aromatic heterocycles. The third-order valence-corrected chi connectivity index (χ3v) is 1.85. The van der Waals surface area contributed by atoms with Crippen LogP contribution in [0.4, 0.5) is 4.39 Å². The van der Waals surface area contributed by atoms with Crippen molar-refractivity contribution >= 4 is 11.3 Å². The molecule has 0 aliphatic carbocycles. The molecule has 0 N–H and O–H groups in total. The van der Waals surface area contributed by atoms with Crippen molar-refractivity contribution in [3.8, 4) is 0 Å². The van der Waals surface area contributed by atoms with Gasteiger partial charge in [-0.1, -0.05) is 5.11 Å². The van der Waals surface area contributed by atoms with E-state index in [1.165, 1.54) is 17.4 Å². The first-order chi connectivity index (χ1) is 4.84. The zero-order valence-electron chi connectivity index (χ0n) is 4.99. The quantitative estimate of drug-likeness (QED) is 0.360. The Kier molecular flexibility index (Phi) is 2.25. The summed E-state index contributed by atoms with van der Waals surface area (Å²) in [6.45, 7) is 0.111. The average molecular weight is 157 g/mol. The molecule has 0 bridgehead atoms. The highest BCUT2D eigenvalue weighted by Gasteiger charge is 1.99. The van der Waals surface area contributed by atoms with Gasteiger partial charge in [0.1, 0.15) is 5.82 Å². The van der Waals surface area contributed by atoms with Gasteiger partial charge in [0.05, 0.1) is 6.54 Å².